The lowest BCUT2D eigenvalue weighted by Gasteiger charge is -2.39. The van der Waals surface area contributed by atoms with Crippen molar-refractivity contribution < 1.29 is 9.53 Å². The number of ether oxygens (including phenoxy) is 1. The van der Waals surface area contributed by atoms with Crippen LogP contribution in [0.5, 0.6) is 0 Å². The molecule has 28 heavy (non-hydrogen) atoms. The van der Waals surface area contributed by atoms with E-state index in [2.05, 4.69) is 30.7 Å². The van der Waals surface area contributed by atoms with Crippen molar-refractivity contribution in [1.82, 2.24) is 4.98 Å². The van der Waals surface area contributed by atoms with Gasteiger partial charge in [-0.3, -0.25) is 4.98 Å². The number of anilines is 1. The molecular formula is C22H26Cl2N2O2. The number of rotatable bonds is 3. The second-order valence-electron chi connectivity index (χ2n) is 9.34. The zero-order valence-electron chi connectivity index (χ0n) is 16.8. The second-order valence-corrected chi connectivity index (χ2v) is 10.1. The molecule has 1 aliphatic carbocycles. The molecule has 6 heteroatoms. The zero-order chi connectivity index (χ0) is 20.3. The number of nitrogens with zero attached hydrogens (tertiary/aromatic N) is 2. The van der Waals surface area contributed by atoms with Gasteiger partial charge in [-0.15, -0.1) is 0 Å². The first kappa shape index (κ1) is 19.8. The number of esters is 1. The Hall–Kier alpha value is -1.52. The number of halogens is 2. The van der Waals surface area contributed by atoms with E-state index in [1.54, 1.807) is 12.3 Å². The van der Waals surface area contributed by atoms with E-state index in [0.29, 0.717) is 33.8 Å². The highest BCUT2D eigenvalue weighted by Gasteiger charge is 2.50. The predicted octanol–water partition coefficient (Wildman–Crippen LogP) is 6.12. The van der Waals surface area contributed by atoms with Gasteiger partial charge in [0, 0.05) is 24.2 Å². The average Bonchev–Trinajstić information content (AvgIpc) is 2.86. The maximum atomic E-state index is 12.8. The summed E-state index contributed by atoms with van der Waals surface area (Å²) in [4.78, 5) is 19.6. The van der Waals surface area contributed by atoms with E-state index in [1.807, 2.05) is 13.0 Å². The number of benzene rings is 1. The van der Waals surface area contributed by atoms with Crippen molar-refractivity contribution in [3.63, 3.8) is 0 Å². The van der Waals surface area contributed by atoms with Crippen LogP contribution >= 0.6 is 23.2 Å². The third kappa shape index (κ3) is 3.25. The normalized spacial score (nSPS) is 25.9. The Balaban J connectivity index is 1.93. The van der Waals surface area contributed by atoms with E-state index in [4.69, 9.17) is 27.9 Å². The summed E-state index contributed by atoms with van der Waals surface area (Å²) in [6, 6.07) is 4.08. The molecular weight excluding hydrogens is 395 g/mol. The van der Waals surface area contributed by atoms with Crippen LogP contribution in [0.2, 0.25) is 10.0 Å². The number of hydrogen-bond acceptors (Lipinski definition) is 4. The summed E-state index contributed by atoms with van der Waals surface area (Å²) in [5.41, 5.74) is 2.52. The highest BCUT2D eigenvalue weighted by molar-refractivity contribution is 6.45. The maximum Gasteiger partial charge on any atom is 0.341 e. The molecule has 0 N–H and O–H groups in total. The Morgan fingerprint density at radius 1 is 1.29 bits per heavy atom. The number of pyridine rings is 1. The van der Waals surface area contributed by atoms with Gasteiger partial charge in [-0.05, 0) is 49.1 Å². The fourth-order valence-corrected chi connectivity index (χ4v) is 5.95. The lowest BCUT2D eigenvalue weighted by atomic mass is 9.65. The summed E-state index contributed by atoms with van der Waals surface area (Å²) in [5.74, 6) is -0.344. The van der Waals surface area contributed by atoms with Crippen LogP contribution in [0.4, 0.5) is 5.69 Å². The molecule has 1 aromatic heterocycles. The van der Waals surface area contributed by atoms with Gasteiger partial charge < -0.3 is 9.64 Å². The average molecular weight is 421 g/mol. The summed E-state index contributed by atoms with van der Waals surface area (Å²) < 4.78 is 5.34. The molecule has 0 unspecified atom stereocenters. The maximum absolute atomic E-state index is 12.8. The van der Waals surface area contributed by atoms with Crippen molar-refractivity contribution in [2.45, 2.75) is 53.0 Å². The van der Waals surface area contributed by atoms with E-state index in [0.717, 1.165) is 30.5 Å². The summed E-state index contributed by atoms with van der Waals surface area (Å²) in [5, 5.41) is 1.74. The minimum absolute atomic E-state index is 0.226. The number of aromatic nitrogens is 1. The van der Waals surface area contributed by atoms with Gasteiger partial charge >= 0.3 is 5.97 Å². The van der Waals surface area contributed by atoms with Gasteiger partial charge in [0.2, 0.25) is 0 Å². The Bertz CT molecular complexity index is 959. The van der Waals surface area contributed by atoms with E-state index in [1.165, 1.54) is 6.42 Å². The lowest BCUT2D eigenvalue weighted by molar-refractivity contribution is 0.0526. The molecule has 1 saturated carbocycles. The Morgan fingerprint density at radius 2 is 2.04 bits per heavy atom. The standard InChI is InChI=1S/C22H26Cl2N2O2/c1-5-28-20(27)15-10-25-18-14(6-7-16(23)17(18)24)19(15)26-12-22(4)9-13(26)8-21(2,3)11-22/h6-7,10,13H,5,8-9,11-12H2,1-4H3/t13-,22+/m1/s1. The van der Waals surface area contributed by atoms with Crippen LogP contribution in [0.15, 0.2) is 18.3 Å². The third-order valence-electron chi connectivity index (χ3n) is 6.10. The van der Waals surface area contributed by atoms with Crippen LogP contribution in [0, 0.1) is 10.8 Å². The number of carbonyl (C=O) groups is 1. The van der Waals surface area contributed by atoms with Crippen molar-refractivity contribution in [3.8, 4) is 0 Å². The molecule has 1 aromatic carbocycles. The monoisotopic (exact) mass is 420 g/mol. The van der Waals surface area contributed by atoms with Gasteiger partial charge in [0.25, 0.3) is 0 Å². The fraction of sp³-hybridized carbons (Fsp3) is 0.545. The summed E-state index contributed by atoms with van der Waals surface area (Å²) in [6.07, 6.45) is 4.99. The minimum atomic E-state index is -0.344. The van der Waals surface area contributed by atoms with Crippen molar-refractivity contribution in [3.05, 3.63) is 33.9 Å². The van der Waals surface area contributed by atoms with Gasteiger partial charge in [0.05, 0.1) is 27.9 Å². The molecule has 150 valence electrons. The van der Waals surface area contributed by atoms with Gasteiger partial charge in [-0.1, -0.05) is 44.0 Å². The molecule has 0 radical (unpaired) electrons. The van der Waals surface area contributed by atoms with Crippen molar-refractivity contribution in [2.24, 2.45) is 10.8 Å². The highest BCUT2D eigenvalue weighted by Crippen LogP contribution is 2.54. The Labute approximate surface area is 176 Å². The van der Waals surface area contributed by atoms with E-state index in [-0.39, 0.29) is 16.8 Å². The molecule has 2 atom stereocenters. The lowest BCUT2D eigenvalue weighted by Crippen LogP contribution is -2.35. The van der Waals surface area contributed by atoms with Gasteiger partial charge in [0.15, 0.2) is 0 Å². The summed E-state index contributed by atoms with van der Waals surface area (Å²) in [6.45, 7) is 10.1. The quantitative estimate of drug-likeness (QED) is 0.560. The smallest absolute Gasteiger partial charge is 0.341 e. The summed E-state index contributed by atoms with van der Waals surface area (Å²) in [7, 11) is 0. The van der Waals surface area contributed by atoms with Gasteiger partial charge in [-0.2, -0.15) is 0 Å². The van der Waals surface area contributed by atoms with Crippen LogP contribution in [-0.2, 0) is 4.74 Å². The highest BCUT2D eigenvalue weighted by atomic mass is 35.5. The van der Waals surface area contributed by atoms with E-state index < -0.39 is 0 Å². The third-order valence-corrected chi connectivity index (χ3v) is 6.89. The van der Waals surface area contributed by atoms with E-state index >= 15 is 0 Å². The first-order valence-electron chi connectivity index (χ1n) is 9.85. The largest absolute Gasteiger partial charge is 0.462 e. The van der Waals surface area contributed by atoms with Gasteiger partial charge in [-0.25, -0.2) is 4.79 Å². The molecule has 4 rings (SSSR count). The molecule has 0 amide bonds. The molecule has 1 saturated heterocycles. The van der Waals surface area contributed by atoms with Crippen LogP contribution in [0.1, 0.15) is 57.3 Å². The van der Waals surface area contributed by atoms with Gasteiger partial charge in [0.1, 0.15) is 5.56 Å². The molecule has 2 bridgehead atoms. The Morgan fingerprint density at radius 3 is 2.75 bits per heavy atom. The summed E-state index contributed by atoms with van der Waals surface area (Å²) >= 11 is 12.7. The molecule has 2 heterocycles. The van der Waals surface area contributed by atoms with Crippen molar-refractivity contribution >= 4 is 45.8 Å². The molecule has 2 aromatic rings. The van der Waals surface area contributed by atoms with Crippen LogP contribution in [0.25, 0.3) is 10.9 Å². The molecule has 2 aliphatic rings. The first-order valence-corrected chi connectivity index (χ1v) is 10.6. The van der Waals surface area contributed by atoms with E-state index in [9.17, 15) is 4.79 Å². The predicted molar refractivity (Wildman–Crippen MR) is 115 cm³/mol. The molecule has 1 aliphatic heterocycles. The number of hydrogen-bond donors (Lipinski definition) is 0. The molecule has 0 spiro atoms. The fourth-order valence-electron chi connectivity index (χ4n) is 5.58. The molecule has 4 nitrogen and oxygen atoms in total. The second kappa shape index (κ2) is 6.77. The van der Waals surface area contributed by atoms with Crippen LogP contribution in [-0.4, -0.2) is 30.1 Å². The zero-order valence-corrected chi connectivity index (χ0v) is 18.3. The molecule has 2 fully saturated rings. The van der Waals surface area contributed by atoms with Crippen molar-refractivity contribution in [1.29, 1.82) is 0 Å². The van der Waals surface area contributed by atoms with Crippen LogP contribution < -0.4 is 4.90 Å². The topological polar surface area (TPSA) is 42.4 Å². The first-order chi connectivity index (χ1) is 13.1. The number of carbonyl (C=O) groups excluding carboxylic acids is 1. The van der Waals surface area contributed by atoms with Crippen molar-refractivity contribution in [2.75, 3.05) is 18.1 Å². The Kier molecular flexibility index (Phi) is 4.79. The SMILES string of the molecule is CCOC(=O)c1cnc2c(Cl)c(Cl)ccc2c1N1C[C@@]2(C)C[C@H]1CC(C)(C)C2. The number of fused-ring (bicyclic) bond motifs is 3. The minimum Gasteiger partial charge on any atom is -0.462 e. The van der Waals surface area contributed by atoms with Crippen LogP contribution in [0.3, 0.4) is 0 Å².